The summed E-state index contributed by atoms with van der Waals surface area (Å²) in [5, 5.41) is 30.2. The fourth-order valence-electron chi connectivity index (χ4n) is 2.92. The number of hydrogen-bond donors (Lipinski definition) is 3. The first-order chi connectivity index (χ1) is 13.7. The fourth-order valence-corrected chi connectivity index (χ4v) is 3.09. The minimum Gasteiger partial charge on any atom is -0.507 e. The molecule has 1 aromatic carbocycles. The van der Waals surface area contributed by atoms with Gasteiger partial charge in [0.1, 0.15) is 11.4 Å². The van der Waals surface area contributed by atoms with E-state index in [1.54, 1.807) is 0 Å². The maximum Gasteiger partial charge on any atom is 0.303 e. The van der Waals surface area contributed by atoms with E-state index in [0.717, 1.165) is 15.8 Å². The van der Waals surface area contributed by atoms with Gasteiger partial charge in [0.15, 0.2) is 0 Å². The van der Waals surface area contributed by atoms with E-state index in [9.17, 15) is 14.7 Å². The third kappa shape index (κ3) is 5.41. The number of aromatic nitrogens is 3. The van der Waals surface area contributed by atoms with Gasteiger partial charge in [-0.2, -0.15) is 14.9 Å². The van der Waals surface area contributed by atoms with E-state index in [4.69, 9.17) is 17.3 Å². The van der Waals surface area contributed by atoms with Gasteiger partial charge < -0.3 is 10.2 Å². The van der Waals surface area contributed by atoms with Gasteiger partial charge in [-0.05, 0) is 40.7 Å². The standard InChI is InChI=1S/C21H28N4O4S/c1-20(2,3)13-9-12(10-14(17(13)28)21(4,5)6)11-22-25-18(29)15(7-8-16(26)27)23-24-19(25)30/h9-11,28H,7-8H2,1-6H3,(H,24,30)(H,26,27)/b22-11-. The van der Waals surface area contributed by atoms with Gasteiger partial charge in [0.2, 0.25) is 4.77 Å². The van der Waals surface area contributed by atoms with Gasteiger partial charge in [0.05, 0.1) is 12.6 Å². The van der Waals surface area contributed by atoms with Crippen molar-refractivity contribution in [2.45, 2.75) is 65.2 Å². The monoisotopic (exact) mass is 432 g/mol. The zero-order chi connectivity index (χ0) is 22.9. The van der Waals surface area contributed by atoms with Crippen LogP contribution in [-0.2, 0) is 22.0 Å². The molecule has 162 valence electrons. The molecule has 0 fully saturated rings. The second kappa shape index (κ2) is 8.51. The van der Waals surface area contributed by atoms with Gasteiger partial charge in [-0.3, -0.25) is 14.7 Å². The lowest BCUT2D eigenvalue weighted by Gasteiger charge is -2.27. The lowest BCUT2D eigenvalue weighted by molar-refractivity contribution is -0.136. The topological polar surface area (TPSA) is 121 Å². The maximum atomic E-state index is 12.6. The number of nitrogens with one attached hydrogen (secondary N) is 1. The smallest absolute Gasteiger partial charge is 0.303 e. The van der Waals surface area contributed by atoms with Crippen molar-refractivity contribution < 1.29 is 15.0 Å². The number of benzene rings is 1. The Morgan fingerprint density at radius 1 is 1.20 bits per heavy atom. The van der Waals surface area contributed by atoms with Crippen LogP contribution in [0.25, 0.3) is 0 Å². The maximum absolute atomic E-state index is 12.6. The van der Waals surface area contributed by atoms with Crippen LogP contribution in [0.1, 0.15) is 70.3 Å². The number of carboxylic acids is 1. The number of rotatable bonds is 5. The van der Waals surface area contributed by atoms with Crippen molar-refractivity contribution in [3.05, 3.63) is 49.6 Å². The Kier molecular flexibility index (Phi) is 6.66. The van der Waals surface area contributed by atoms with Crippen LogP contribution in [0.3, 0.4) is 0 Å². The van der Waals surface area contributed by atoms with Gasteiger partial charge in [-0.15, -0.1) is 0 Å². The van der Waals surface area contributed by atoms with E-state index >= 15 is 0 Å². The molecule has 9 heteroatoms. The molecule has 0 bridgehead atoms. The van der Waals surface area contributed by atoms with Crippen LogP contribution >= 0.6 is 12.2 Å². The molecule has 8 nitrogen and oxygen atoms in total. The largest absolute Gasteiger partial charge is 0.507 e. The summed E-state index contributed by atoms with van der Waals surface area (Å²) >= 11 is 5.12. The van der Waals surface area contributed by atoms with Crippen molar-refractivity contribution in [3.8, 4) is 5.75 Å². The van der Waals surface area contributed by atoms with E-state index in [2.05, 4.69) is 15.3 Å². The van der Waals surface area contributed by atoms with Crippen molar-refractivity contribution in [2.75, 3.05) is 0 Å². The summed E-state index contributed by atoms with van der Waals surface area (Å²) in [6.07, 6.45) is 1.24. The summed E-state index contributed by atoms with van der Waals surface area (Å²) in [6.45, 7) is 12.0. The first-order valence-corrected chi connectivity index (χ1v) is 9.97. The van der Waals surface area contributed by atoms with E-state index in [0.29, 0.717) is 5.56 Å². The summed E-state index contributed by atoms with van der Waals surface area (Å²) in [4.78, 5) is 23.4. The van der Waals surface area contributed by atoms with Crippen molar-refractivity contribution >= 4 is 24.4 Å². The molecular formula is C21H28N4O4S. The number of nitrogens with zero attached hydrogens (tertiary/aromatic N) is 3. The Hall–Kier alpha value is -2.81. The summed E-state index contributed by atoms with van der Waals surface area (Å²) in [5.41, 5.74) is 1.11. The predicted molar refractivity (Wildman–Crippen MR) is 118 cm³/mol. The summed E-state index contributed by atoms with van der Waals surface area (Å²) < 4.78 is 0.987. The molecule has 1 aromatic heterocycles. The number of aromatic amines is 1. The van der Waals surface area contributed by atoms with Crippen LogP contribution in [0.2, 0.25) is 0 Å². The first kappa shape index (κ1) is 23.5. The van der Waals surface area contributed by atoms with E-state index in [1.807, 2.05) is 53.7 Å². The molecule has 2 aromatic rings. The highest BCUT2D eigenvalue weighted by atomic mass is 32.1. The van der Waals surface area contributed by atoms with Crippen LogP contribution in [0.5, 0.6) is 5.75 Å². The normalized spacial score (nSPS) is 12.5. The third-order valence-electron chi connectivity index (χ3n) is 4.56. The average molecular weight is 433 g/mol. The molecule has 0 radical (unpaired) electrons. The Morgan fingerprint density at radius 3 is 2.20 bits per heavy atom. The van der Waals surface area contributed by atoms with E-state index in [-0.39, 0.29) is 39.9 Å². The van der Waals surface area contributed by atoms with Gasteiger partial charge in [-0.25, -0.2) is 0 Å². The summed E-state index contributed by atoms with van der Waals surface area (Å²) in [6, 6.07) is 3.66. The SMILES string of the molecule is CC(C)(C)c1cc(/C=N\n2c(=S)[nH]nc(CCC(=O)O)c2=O)cc(C(C)(C)C)c1O. The van der Waals surface area contributed by atoms with Gasteiger partial charge >= 0.3 is 5.97 Å². The molecule has 0 aliphatic carbocycles. The lowest BCUT2D eigenvalue weighted by atomic mass is 9.78. The molecule has 3 N–H and O–H groups in total. The fraction of sp³-hybridized carbons (Fsp3) is 0.476. The van der Waals surface area contributed by atoms with Crippen LogP contribution < -0.4 is 5.56 Å². The van der Waals surface area contributed by atoms with Crippen LogP contribution in [0, 0.1) is 4.77 Å². The number of carboxylic acid groups (broad SMARTS) is 1. The van der Waals surface area contributed by atoms with Crippen molar-refractivity contribution in [1.29, 1.82) is 0 Å². The Labute approximate surface area is 180 Å². The molecule has 0 saturated carbocycles. The summed E-state index contributed by atoms with van der Waals surface area (Å²) in [7, 11) is 0. The number of aromatic hydroxyl groups is 1. The molecule has 0 spiro atoms. The molecule has 1 heterocycles. The predicted octanol–water partition coefficient (Wildman–Crippen LogP) is 3.50. The highest BCUT2D eigenvalue weighted by Crippen LogP contribution is 2.39. The molecular weight excluding hydrogens is 404 g/mol. The third-order valence-corrected chi connectivity index (χ3v) is 4.83. The lowest BCUT2D eigenvalue weighted by Crippen LogP contribution is -2.25. The minimum absolute atomic E-state index is 0.00110. The molecule has 0 amide bonds. The molecule has 30 heavy (non-hydrogen) atoms. The first-order valence-electron chi connectivity index (χ1n) is 9.56. The van der Waals surface area contributed by atoms with Crippen LogP contribution in [0.4, 0.5) is 0 Å². The van der Waals surface area contributed by atoms with Crippen LogP contribution in [0.15, 0.2) is 22.0 Å². The molecule has 2 rings (SSSR count). The van der Waals surface area contributed by atoms with E-state index in [1.165, 1.54) is 6.21 Å². The summed E-state index contributed by atoms with van der Waals surface area (Å²) in [5.74, 6) is -0.774. The zero-order valence-corrected chi connectivity index (χ0v) is 18.9. The number of hydrogen-bond acceptors (Lipinski definition) is 6. The number of aliphatic carboxylic acids is 1. The highest BCUT2D eigenvalue weighted by molar-refractivity contribution is 7.71. The molecule has 0 saturated heterocycles. The second-order valence-corrected chi connectivity index (χ2v) is 9.58. The quantitative estimate of drug-likeness (QED) is 0.491. The van der Waals surface area contributed by atoms with Crippen LogP contribution in [-0.4, -0.2) is 37.3 Å². The Morgan fingerprint density at radius 2 is 1.73 bits per heavy atom. The van der Waals surface area contributed by atoms with Crippen molar-refractivity contribution in [2.24, 2.45) is 5.10 Å². The highest BCUT2D eigenvalue weighted by Gasteiger charge is 2.26. The average Bonchev–Trinajstić information content (AvgIpc) is 2.59. The Bertz CT molecular complexity index is 1070. The molecule has 0 aliphatic heterocycles. The Balaban J connectivity index is 2.58. The number of carbonyl (C=O) groups is 1. The van der Waals surface area contributed by atoms with Gasteiger partial charge in [-0.1, -0.05) is 41.5 Å². The number of aryl methyl sites for hydroxylation is 1. The van der Waals surface area contributed by atoms with Gasteiger partial charge in [0.25, 0.3) is 5.56 Å². The minimum atomic E-state index is -1.03. The molecule has 0 atom stereocenters. The van der Waals surface area contributed by atoms with Crippen molar-refractivity contribution in [1.82, 2.24) is 14.9 Å². The number of H-pyrrole nitrogens is 1. The van der Waals surface area contributed by atoms with E-state index < -0.39 is 11.5 Å². The number of phenolic OH excluding ortho intramolecular Hbond substituents is 1. The number of phenols is 1. The van der Waals surface area contributed by atoms with Crippen molar-refractivity contribution in [3.63, 3.8) is 0 Å². The second-order valence-electron chi connectivity index (χ2n) is 9.20. The zero-order valence-electron chi connectivity index (χ0n) is 18.1. The molecule has 0 aliphatic rings. The molecule has 0 unspecified atom stereocenters. The van der Waals surface area contributed by atoms with Gasteiger partial charge in [0, 0.05) is 17.5 Å².